The Balaban J connectivity index is 2.65. The molecule has 1 unspecified atom stereocenters. The number of aliphatic hydroxyl groups excluding tert-OH is 1. The van der Waals surface area contributed by atoms with E-state index in [1.807, 2.05) is 24.3 Å². The largest absolute Gasteiger partial charge is 0.392 e. The molecule has 0 aromatic heterocycles. The standard InChI is InChI=1S/C14H23NO2/c1-11(9-14(2,3)17-4)15-13-8-6-5-7-12(13)10-16/h5-8,11,15-16H,9-10H2,1-4H3. The van der Waals surface area contributed by atoms with Gasteiger partial charge < -0.3 is 15.2 Å². The third kappa shape index (κ3) is 4.36. The minimum Gasteiger partial charge on any atom is -0.392 e. The summed E-state index contributed by atoms with van der Waals surface area (Å²) in [6.07, 6.45) is 0.906. The van der Waals surface area contributed by atoms with Crippen molar-refractivity contribution in [3.63, 3.8) is 0 Å². The molecule has 0 amide bonds. The Hall–Kier alpha value is -1.06. The Morgan fingerprint density at radius 3 is 2.59 bits per heavy atom. The van der Waals surface area contributed by atoms with Crippen molar-refractivity contribution in [1.82, 2.24) is 0 Å². The monoisotopic (exact) mass is 237 g/mol. The highest BCUT2D eigenvalue weighted by molar-refractivity contribution is 5.51. The van der Waals surface area contributed by atoms with Crippen molar-refractivity contribution in [2.45, 2.75) is 45.4 Å². The second-order valence-corrected chi connectivity index (χ2v) is 5.03. The quantitative estimate of drug-likeness (QED) is 0.799. The molecule has 3 nitrogen and oxygen atoms in total. The Kier molecular flexibility index (Phi) is 4.97. The summed E-state index contributed by atoms with van der Waals surface area (Å²) in [4.78, 5) is 0. The molecule has 0 aliphatic rings. The minimum absolute atomic E-state index is 0.0591. The van der Waals surface area contributed by atoms with Crippen LogP contribution in [-0.2, 0) is 11.3 Å². The first-order valence-corrected chi connectivity index (χ1v) is 5.99. The number of anilines is 1. The number of methoxy groups -OCH3 is 1. The van der Waals surface area contributed by atoms with Gasteiger partial charge in [-0.3, -0.25) is 0 Å². The summed E-state index contributed by atoms with van der Waals surface area (Å²) in [5.74, 6) is 0. The zero-order valence-electron chi connectivity index (χ0n) is 11.2. The number of ether oxygens (including phenoxy) is 1. The number of hydrogen-bond acceptors (Lipinski definition) is 3. The van der Waals surface area contributed by atoms with Crippen molar-refractivity contribution >= 4 is 5.69 Å². The maximum Gasteiger partial charge on any atom is 0.0701 e. The Bertz CT molecular complexity index is 350. The highest BCUT2D eigenvalue weighted by Crippen LogP contribution is 2.21. The summed E-state index contributed by atoms with van der Waals surface area (Å²) in [5.41, 5.74) is 1.78. The molecule has 0 heterocycles. The number of hydrogen-bond donors (Lipinski definition) is 2. The summed E-state index contributed by atoms with van der Waals surface area (Å²) < 4.78 is 5.41. The van der Waals surface area contributed by atoms with Crippen LogP contribution in [0.3, 0.4) is 0 Å². The molecule has 1 aromatic rings. The van der Waals surface area contributed by atoms with Gasteiger partial charge >= 0.3 is 0 Å². The molecule has 3 heteroatoms. The predicted octanol–water partition coefficient (Wildman–Crippen LogP) is 2.79. The fraction of sp³-hybridized carbons (Fsp3) is 0.571. The molecule has 0 radical (unpaired) electrons. The average Bonchev–Trinajstić information content (AvgIpc) is 2.29. The van der Waals surface area contributed by atoms with Crippen LogP contribution in [0.15, 0.2) is 24.3 Å². The van der Waals surface area contributed by atoms with E-state index < -0.39 is 0 Å². The van der Waals surface area contributed by atoms with Gasteiger partial charge in [-0.1, -0.05) is 18.2 Å². The van der Waals surface area contributed by atoms with E-state index in [4.69, 9.17) is 4.74 Å². The SMILES string of the molecule is COC(C)(C)CC(C)Nc1ccccc1CO. The molecule has 0 saturated heterocycles. The van der Waals surface area contributed by atoms with E-state index in [1.165, 1.54) is 0 Å². The van der Waals surface area contributed by atoms with Gasteiger partial charge in [-0.2, -0.15) is 0 Å². The minimum atomic E-state index is -0.138. The van der Waals surface area contributed by atoms with Crippen LogP contribution in [0.25, 0.3) is 0 Å². The van der Waals surface area contributed by atoms with E-state index in [1.54, 1.807) is 7.11 Å². The fourth-order valence-electron chi connectivity index (χ4n) is 1.94. The molecule has 17 heavy (non-hydrogen) atoms. The lowest BCUT2D eigenvalue weighted by molar-refractivity contribution is 0.0128. The maximum absolute atomic E-state index is 9.25. The van der Waals surface area contributed by atoms with Crippen molar-refractivity contribution in [3.05, 3.63) is 29.8 Å². The first-order chi connectivity index (χ1) is 7.98. The first-order valence-electron chi connectivity index (χ1n) is 5.99. The lowest BCUT2D eigenvalue weighted by Gasteiger charge is -2.28. The normalized spacial score (nSPS) is 13.5. The van der Waals surface area contributed by atoms with E-state index in [0.29, 0.717) is 0 Å². The third-order valence-electron chi connectivity index (χ3n) is 2.94. The molecule has 1 atom stereocenters. The van der Waals surface area contributed by atoms with Crippen LogP contribution in [0, 0.1) is 0 Å². The predicted molar refractivity (Wildman–Crippen MR) is 71.2 cm³/mol. The van der Waals surface area contributed by atoms with Gasteiger partial charge in [0.2, 0.25) is 0 Å². The zero-order valence-corrected chi connectivity index (χ0v) is 11.2. The highest BCUT2D eigenvalue weighted by atomic mass is 16.5. The lowest BCUT2D eigenvalue weighted by Crippen LogP contribution is -2.31. The summed E-state index contributed by atoms with van der Waals surface area (Å²) >= 11 is 0. The second kappa shape index (κ2) is 6.03. The lowest BCUT2D eigenvalue weighted by atomic mass is 9.99. The summed E-state index contributed by atoms with van der Waals surface area (Å²) in [7, 11) is 1.73. The zero-order chi connectivity index (χ0) is 12.9. The topological polar surface area (TPSA) is 41.5 Å². The molecular weight excluding hydrogens is 214 g/mol. The molecule has 0 aliphatic carbocycles. The van der Waals surface area contributed by atoms with E-state index in [9.17, 15) is 5.11 Å². The molecule has 1 rings (SSSR count). The van der Waals surface area contributed by atoms with Crippen LogP contribution >= 0.6 is 0 Å². The second-order valence-electron chi connectivity index (χ2n) is 5.03. The Morgan fingerprint density at radius 1 is 1.35 bits per heavy atom. The van der Waals surface area contributed by atoms with Crippen LogP contribution in [0.4, 0.5) is 5.69 Å². The van der Waals surface area contributed by atoms with Gasteiger partial charge in [0.05, 0.1) is 12.2 Å². The van der Waals surface area contributed by atoms with Crippen molar-refractivity contribution in [3.8, 4) is 0 Å². The fourth-order valence-corrected chi connectivity index (χ4v) is 1.94. The maximum atomic E-state index is 9.25. The molecule has 1 aromatic carbocycles. The number of rotatable bonds is 6. The van der Waals surface area contributed by atoms with Crippen LogP contribution in [0.2, 0.25) is 0 Å². The van der Waals surface area contributed by atoms with Gasteiger partial charge in [0.25, 0.3) is 0 Å². The number of benzene rings is 1. The molecule has 0 fully saturated rings. The molecule has 0 saturated carbocycles. The van der Waals surface area contributed by atoms with Crippen molar-refractivity contribution in [1.29, 1.82) is 0 Å². The third-order valence-corrected chi connectivity index (χ3v) is 2.94. The summed E-state index contributed by atoms with van der Waals surface area (Å²) in [6.45, 7) is 6.32. The van der Waals surface area contributed by atoms with E-state index in [0.717, 1.165) is 17.7 Å². The van der Waals surface area contributed by atoms with Gasteiger partial charge in [-0.25, -0.2) is 0 Å². The number of para-hydroxylation sites is 1. The van der Waals surface area contributed by atoms with Gasteiger partial charge in [0.15, 0.2) is 0 Å². The molecule has 2 N–H and O–H groups in total. The van der Waals surface area contributed by atoms with Gasteiger partial charge in [0.1, 0.15) is 0 Å². The summed E-state index contributed by atoms with van der Waals surface area (Å²) in [6, 6.07) is 8.10. The van der Waals surface area contributed by atoms with Crippen molar-refractivity contribution < 1.29 is 9.84 Å². The first kappa shape index (κ1) is 14.0. The van der Waals surface area contributed by atoms with Crippen molar-refractivity contribution in [2.24, 2.45) is 0 Å². The van der Waals surface area contributed by atoms with Gasteiger partial charge in [0, 0.05) is 24.4 Å². The van der Waals surface area contributed by atoms with Crippen LogP contribution in [-0.4, -0.2) is 23.9 Å². The van der Waals surface area contributed by atoms with Crippen LogP contribution in [0.1, 0.15) is 32.8 Å². The average molecular weight is 237 g/mol. The van der Waals surface area contributed by atoms with Gasteiger partial charge in [-0.05, 0) is 33.3 Å². The summed E-state index contributed by atoms with van der Waals surface area (Å²) in [5, 5.41) is 12.7. The molecule has 96 valence electrons. The van der Waals surface area contributed by atoms with E-state index in [-0.39, 0.29) is 18.2 Å². The molecule has 0 spiro atoms. The highest BCUT2D eigenvalue weighted by Gasteiger charge is 2.20. The van der Waals surface area contributed by atoms with E-state index in [2.05, 4.69) is 26.1 Å². The molecule has 0 aliphatic heterocycles. The van der Waals surface area contributed by atoms with Crippen LogP contribution < -0.4 is 5.32 Å². The van der Waals surface area contributed by atoms with Crippen molar-refractivity contribution in [2.75, 3.05) is 12.4 Å². The Labute approximate surface area is 104 Å². The van der Waals surface area contributed by atoms with Gasteiger partial charge in [-0.15, -0.1) is 0 Å². The number of aliphatic hydroxyl groups is 1. The Morgan fingerprint density at radius 2 is 2.00 bits per heavy atom. The molecule has 0 bridgehead atoms. The molecular formula is C14H23NO2. The van der Waals surface area contributed by atoms with E-state index >= 15 is 0 Å². The smallest absolute Gasteiger partial charge is 0.0701 e. The number of nitrogens with one attached hydrogen (secondary N) is 1. The van der Waals surface area contributed by atoms with Crippen LogP contribution in [0.5, 0.6) is 0 Å².